The molecule has 0 fully saturated rings. The minimum Gasteiger partial charge on any atom is -0.493 e. The number of nitrogens with zero attached hydrogens (tertiary/aromatic N) is 4. The van der Waals surface area contributed by atoms with Crippen LogP contribution < -0.4 is 14.3 Å². The number of hydrogen-bond acceptors (Lipinski definition) is 5. The molecule has 0 radical (unpaired) electrons. The van der Waals surface area contributed by atoms with E-state index in [2.05, 4.69) is 16.7 Å². The number of thiazole rings is 1. The van der Waals surface area contributed by atoms with Gasteiger partial charge in [-0.2, -0.15) is 10.1 Å². The van der Waals surface area contributed by atoms with E-state index < -0.39 is 0 Å². The fourth-order valence-electron chi connectivity index (χ4n) is 2.58. The van der Waals surface area contributed by atoms with Gasteiger partial charge in [0.15, 0.2) is 22.0 Å². The summed E-state index contributed by atoms with van der Waals surface area (Å²) in [6.45, 7) is 6.98. The second-order valence-corrected chi connectivity index (χ2v) is 6.44. The van der Waals surface area contributed by atoms with E-state index in [0.717, 1.165) is 10.2 Å². The number of fused-ring (bicyclic) bond motifs is 1. The van der Waals surface area contributed by atoms with Gasteiger partial charge in [-0.25, -0.2) is 0 Å². The third-order valence-electron chi connectivity index (χ3n) is 3.88. The van der Waals surface area contributed by atoms with Crippen molar-refractivity contribution in [2.24, 2.45) is 4.99 Å². The van der Waals surface area contributed by atoms with Crippen LogP contribution in [0, 0.1) is 0 Å². The zero-order chi connectivity index (χ0) is 18.7. The Morgan fingerprint density at radius 1 is 1.35 bits per heavy atom. The van der Waals surface area contributed by atoms with Crippen molar-refractivity contribution in [2.45, 2.75) is 20.0 Å². The summed E-state index contributed by atoms with van der Waals surface area (Å²) in [5.41, 5.74) is 1.22. The number of allylic oxidation sites excluding steroid dienone is 1. The normalized spacial score (nSPS) is 11.7. The molecule has 0 saturated carbocycles. The highest BCUT2D eigenvalue weighted by atomic mass is 32.1. The number of carbonyl (C=O) groups is 1. The molecule has 0 saturated heterocycles. The van der Waals surface area contributed by atoms with Crippen LogP contribution >= 0.6 is 11.3 Å². The maximum atomic E-state index is 12.5. The second kappa shape index (κ2) is 7.57. The maximum absolute atomic E-state index is 12.5. The molecule has 0 spiro atoms. The highest BCUT2D eigenvalue weighted by molar-refractivity contribution is 7.16. The summed E-state index contributed by atoms with van der Waals surface area (Å²) in [5.74, 6) is 0.877. The standard InChI is InChI=1S/C18H20N4O3S/c1-5-8-22-13-10-14(24-3)15(25-4)11-16(13)26-18(22)19-17(23)12-7-9-21(6-2)20-12/h5,7,9-11H,1,6,8H2,2-4H3. The van der Waals surface area contributed by atoms with Crippen molar-refractivity contribution in [3.05, 3.63) is 47.5 Å². The summed E-state index contributed by atoms with van der Waals surface area (Å²) in [5, 5.41) is 4.22. The van der Waals surface area contributed by atoms with Gasteiger partial charge in [-0.1, -0.05) is 17.4 Å². The molecule has 136 valence electrons. The van der Waals surface area contributed by atoms with E-state index in [-0.39, 0.29) is 5.91 Å². The monoisotopic (exact) mass is 372 g/mol. The lowest BCUT2D eigenvalue weighted by atomic mass is 10.3. The Bertz CT molecular complexity index is 1030. The lowest BCUT2D eigenvalue weighted by Crippen LogP contribution is -2.16. The third kappa shape index (κ3) is 3.28. The van der Waals surface area contributed by atoms with Crippen molar-refractivity contribution in [1.82, 2.24) is 14.3 Å². The predicted octanol–water partition coefficient (Wildman–Crippen LogP) is 2.86. The van der Waals surface area contributed by atoms with Crippen LogP contribution in [0.3, 0.4) is 0 Å². The van der Waals surface area contributed by atoms with Crippen LogP contribution in [-0.4, -0.2) is 34.5 Å². The summed E-state index contributed by atoms with van der Waals surface area (Å²) in [4.78, 5) is 17.4. The van der Waals surface area contributed by atoms with Gasteiger partial charge < -0.3 is 14.0 Å². The Morgan fingerprint density at radius 2 is 2.08 bits per heavy atom. The van der Waals surface area contributed by atoms with Crippen LogP contribution in [0.25, 0.3) is 10.2 Å². The van der Waals surface area contributed by atoms with Crippen LogP contribution in [0.1, 0.15) is 17.4 Å². The van der Waals surface area contributed by atoms with E-state index >= 15 is 0 Å². The molecule has 1 aromatic carbocycles. The first-order chi connectivity index (χ1) is 12.6. The summed E-state index contributed by atoms with van der Waals surface area (Å²) in [6, 6.07) is 5.43. The van der Waals surface area contributed by atoms with Gasteiger partial charge in [0.1, 0.15) is 0 Å². The summed E-state index contributed by atoms with van der Waals surface area (Å²) in [6.07, 6.45) is 3.53. The molecule has 26 heavy (non-hydrogen) atoms. The zero-order valence-electron chi connectivity index (χ0n) is 14.9. The van der Waals surface area contributed by atoms with Crippen molar-refractivity contribution >= 4 is 27.5 Å². The Hall–Kier alpha value is -2.87. The number of benzene rings is 1. The number of amides is 1. The van der Waals surface area contributed by atoms with Crippen molar-refractivity contribution in [2.75, 3.05) is 14.2 Å². The van der Waals surface area contributed by atoms with Crippen LogP contribution in [0.15, 0.2) is 42.0 Å². The Balaban J connectivity index is 2.16. The Morgan fingerprint density at radius 3 is 2.69 bits per heavy atom. The van der Waals surface area contributed by atoms with Crippen LogP contribution in [0.2, 0.25) is 0 Å². The summed E-state index contributed by atoms with van der Waals surface area (Å²) in [7, 11) is 3.18. The average Bonchev–Trinajstić information content (AvgIpc) is 3.26. The van der Waals surface area contributed by atoms with Crippen LogP contribution in [0.4, 0.5) is 0 Å². The molecule has 1 amide bonds. The molecule has 0 unspecified atom stereocenters. The van der Waals surface area contributed by atoms with Gasteiger partial charge in [0.2, 0.25) is 0 Å². The largest absolute Gasteiger partial charge is 0.493 e. The number of ether oxygens (including phenoxy) is 2. The van der Waals surface area contributed by atoms with Crippen molar-refractivity contribution in [3.63, 3.8) is 0 Å². The molecule has 0 N–H and O–H groups in total. The molecular weight excluding hydrogens is 352 g/mol. The first-order valence-corrected chi connectivity index (χ1v) is 8.91. The smallest absolute Gasteiger partial charge is 0.300 e. The van der Waals surface area contributed by atoms with Gasteiger partial charge >= 0.3 is 0 Å². The van der Waals surface area contributed by atoms with Gasteiger partial charge in [-0.05, 0) is 13.0 Å². The molecule has 7 nitrogen and oxygen atoms in total. The van der Waals surface area contributed by atoms with Crippen molar-refractivity contribution < 1.29 is 14.3 Å². The molecule has 0 aliphatic heterocycles. The average molecular weight is 372 g/mol. The number of methoxy groups -OCH3 is 2. The topological polar surface area (TPSA) is 70.6 Å². The van der Waals surface area contributed by atoms with Gasteiger partial charge in [0.05, 0.1) is 24.4 Å². The second-order valence-electron chi connectivity index (χ2n) is 5.43. The lowest BCUT2D eigenvalue weighted by Gasteiger charge is -2.08. The molecule has 0 aliphatic carbocycles. The van der Waals surface area contributed by atoms with E-state index in [1.54, 1.807) is 37.2 Å². The van der Waals surface area contributed by atoms with Gasteiger partial charge in [-0.3, -0.25) is 9.48 Å². The highest BCUT2D eigenvalue weighted by Gasteiger charge is 2.14. The minimum atomic E-state index is -0.375. The molecule has 8 heteroatoms. The van der Waals surface area contributed by atoms with Crippen LogP contribution in [-0.2, 0) is 13.1 Å². The number of aryl methyl sites for hydroxylation is 1. The third-order valence-corrected chi connectivity index (χ3v) is 4.92. The molecule has 0 aliphatic rings. The predicted molar refractivity (Wildman–Crippen MR) is 101 cm³/mol. The van der Waals surface area contributed by atoms with Gasteiger partial charge in [0.25, 0.3) is 5.91 Å². The first-order valence-electron chi connectivity index (χ1n) is 8.10. The molecule has 3 rings (SSSR count). The molecule has 3 aromatic rings. The number of carbonyl (C=O) groups excluding carboxylic acids is 1. The van der Waals surface area contributed by atoms with Gasteiger partial charge in [0, 0.05) is 31.4 Å². The Kier molecular flexibility index (Phi) is 5.22. The number of aromatic nitrogens is 3. The summed E-state index contributed by atoms with van der Waals surface area (Å²) >= 11 is 1.41. The lowest BCUT2D eigenvalue weighted by molar-refractivity contribution is 0.0992. The fourth-order valence-corrected chi connectivity index (χ4v) is 3.63. The maximum Gasteiger partial charge on any atom is 0.300 e. The first kappa shape index (κ1) is 17.9. The molecule has 2 heterocycles. The Labute approximate surface area is 154 Å². The van der Waals surface area contributed by atoms with E-state index in [0.29, 0.717) is 35.1 Å². The fraction of sp³-hybridized carbons (Fsp3) is 0.278. The highest BCUT2D eigenvalue weighted by Crippen LogP contribution is 2.33. The zero-order valence-corrected chi connectivity index (χ0v) is 15.7. The SMILES string of the molecule is C=CCn1c(=NC(=O)c2ccn(CC)n2)sc2cc(OC)c(OC)cc21. The molecule has 0 bridgehead atoms. The molecular formula is C18H20N4O3S. The molecule has 0 atom stereocenters. The minimum absolute atomic E-state index is 0.324. The van der Waals surface area contributed by atoms with E-state index in [9.17, 15) is 4.79 Å². The van der Waals surface area contributed by atoms with Gasteiger partial charge in [-0.15, -0.1) is 6.58 Å². The van der Waals surface area contributed by atoms with Crippen LogP contribution in [0.5, 0.6) is 11.5 Å². The van der Waals surface area contributed by atoms with E-state index in [4.69, 9.17) is 9.47 Å². The van der Waals surface area contributed by atoms with E-state index in [1.165, 1.54) is 11.3 Å². The quantitative estimate of drug-likeness (QED) is 0.624. The number of hydrogen-bond donors (Lipinski definition) is 0. The van der Waals surface area contributed by atoms with E-state index in [1.807, 2.05) is 23.6 Å². The van der Waals surface area contributed by atoms with Crippen molar-refractivity contribution in [3.8, 4) is 11.5 Å². The number of rotatable bonds is 6. The summed E-state index contributed by atoms with van der Waals surface area (Å²) < 4.78 is 15.3. The van der Waals surface area contributed by atoms with Crippen molar-refractivity contribution in [1.29, 1.82) is 0 Å². The molecule has 2 aromatic heterocycles.